The first-order chi connectivity index (χ1) is 7.69. The molecule has 86 valence electrons. The van der Waals surface area contributed by atoms with Gasteiger partial charge in [0.05, 0.1) is 25.4 Å². The average Bonchev–Trinajstić information content (AvgIpc) is 2.93. The molecule has 3 heterocycles. The summed E-state index contributed by atoms with van der Waals surface area (Å²) in [5.74, 6) is -1.11. The molecule has 0 spiro atoms. The molecule has 0 unspecified atom stereocenters. The van der Waals surface area contributed by atoms with Crippen LogP contribution in [0.3, 0.4) is 0 Å². The van der Waals surface area contributed by atoms with Gasteiger partial charge in [0.15, 0.2) is 0 Å². The largest absolute Gasteiger partial charge is 0.466 e. The van der Waals surface area contributed by atoms with Crippen LogP contribution < -0.4 is 0 Å². The molecule has 2 saturated heterocycles. The van der Waals surface area contributed by atoms with E-state index in [9.17, 15) is 9.59 Å². The van der Waals surface area contributed by atoms with E-state index in [4.69, 9.17) is 9.47 Å². The number of esters is 2. The molecule has 0 aromatic carbocycles. The fourth-order valence-electron chi connectivity index (χ4n) is 2.38. The molecule has 6 nitrogen and oxygen atoms in total. The first-order valence-corrected chi connectivity index (χ1v) is 4.90. The standard InChI is InChI=1S/C10H10O6/c1-13-9(11)3-4(10(12)14-2)6-8-7(16-8)5(3)15-6/h5-8H,1-2H3/t5-,6-,7-,8+/m1/s1. The number of hydrogen-bond donors (Lipinski definition) is 0. The first-order valence-electron chi connectivity index (χ1n) is 4.90. The Bertz CT molecular complexity index is 376. The number of methoxy groups -OCH3 is 2. The van der Waals surface area contributed by atoms with E-state index in [0.717, 1.165) is 0 Å². The van der Waals surface area contributed by atoms with Crippen LogP contribution in [0.25, 0.3) is 0 Å². The summed E-state index contributed by atoms with van der Waals surface area (Å²) < 4.78 is 20.1. The van der Waals surface area contributed by atoms with Crippen LogP contribution in [0.2, 0.25) is 0 Å². The van der Waals surface area contributed by atoms with Crippen LogP contribution in [-0.2, 0) is 28.5 Å². The van der Waals surface area contributed by atoms with Crippen molar-refractivity contribution < 1.29 is 28.5 Å². The zero-order valence-electron chi connectivity index (χ0n) is 8.76. The van der Waals surface area contributed by atoms with E-state index in [1.54, 1.807) is 0 Å². The molecule has 2 fully saturated rings. The lowest BCUT2D eigenvalue weighted by molar-refractivity contribution is -0.139. The molecule has 0 amide bonds. The minimum absolute atomic E-state index is 0.104. The number of carbonyl (C=O) groups excluding carboxylic acids is 2. The minimum Gasteiger partial charge on any atom is -0.466 e. The van der Waals surface area contributed by atoms with Crippen LogP contribution in [0, 0.1) is 0 Å². The van der Waals surface area contributed by atoms with Crippen LogP contribution >= 0.6 is 0 Å². The van der Waals surface area contributed by atoms with Gasteiger partial charge in [-0.3, -0.25) is 0 Å². The Hall–Kier alpha value is -1.40. The molecule has 0 radical (unpaired) electrons. The topological polar surface area (TPSA) is 74.4 Å². The van der Waals surface area contributed by atoms with E-state index < -0.39 is 24.1 Å². The zero-order chi connectivity index (χ0) is 11.4. The third-order valence-corrected chi connectivity index (χ3v) is 3.12. The maximum Gasteiger partial charge on any atom is 0.337 e. The number of rotatable bonds is 2. The summed E-state index contributed by atoms with van der Waals surface area (Å²) >= 11 is 0. The first kappa shape index (κ1) is 9.80. The van der Waals surface area contributed by atoms with Crippen LogP contribution in [-0.4, -0.2) is 50.6 Å². The van der Waals surface area contributed by atoms with E-state index in [0.29, 0.717) is 0 Å². The summed E-state index contributed by atoms with van der Waals surface area (Å²) in [6.07, 6.45) is -1.16. The normalized spacial score (nSPS) is 38.4. The molecule has 0 aromatic heterocycles. The maximum atomic E-state index is 11.6. The summed E-state index contributed by atoms with van der Waals surface area (Å²) in [7, 11) is 2.53. The van der Waals surface area contributed by atoms with Crippen LogP contribution in [0.15, 0.2) is 11.1 Å². The summed E-state index contributed by atoms with van der Waals surface area (Å²) in [5.41, 5.74) is 0.496. The minimum atomic E-state index is -0.554. The number of carbonyl (C=O) groups is 2. The Balaban J connectivity index is 2.03. The van der Waals surface area contributed by atoms with Gasteiger partial charge in [0.25, 0.3) is 0 Å². The van der Waals surface area contributed by atoms with Crippen molar-refractivity contribution in [1.82, 2.24) is 0 Å². The van der Waals surface area contributed by atoms with Gasteiger partial charge in [-0.25, -0.2) is 9.59 Å². The fraction of sp³-hybridized carbons (Fsp3) is 0.600. The van der Waals surface area contributed by atoms with E-state index in [1.807, 2.05) is 0 Å². The molecule has 3 aliphatic rings. The quantitative estimate of drug-likeness (QED) is 0.452. The molecule has 0 N–H and O–H groups in total. The van der Waals surface area contributed by atoms with Gasteiger partial charge in [-0.2, -0.15) is 0 Å². The van der Waals surface area contributed by atoms with Gasteiger partial charge in [0, 0.05) is 0 Å². The highest BCUT2D eigenvalue weighted by atomic mass is 16.7. The molecular formula is C10H10O6. The van der Waals surface area contributed by atoms with Gasteiger partial charge in [-0.15, -0.1) is 0 Å². The van der Waals surface area contributed by atoms with Gasteiger partial charge in [-0.1, -0.05) is 0 Å². The van der Waals surface area contributed by atoms with Gasteiger partial charge in [0.1, 0.15) is 24.4 Å². The average molecular weight is 226 g/mol. The fourth-order valence-corrected chi connectivity index (χ4v) is 2.38. The van der Waals surface area contributed by atoms with Gasteiger partial charge in [-0.05, 0) is 0 Å². The molecule has 3 rings (SSSR count). The van der Waals surface area contributed by atoms with Crippen molar-refractivity contribution in [3.05, 3.63) is 11.1 Å². The monoisotopic (exact) mass is 226 g/mol. The highest BCUT2D eigenvalue weighted by Gasteiger charge is 2.67. The second-order valence-electron chi connectivity index (χ2n) is 3.85. The third-order valence-electron chi connectivity index (χ3n) is 3.12. The Kier molecular flexibility index (Phi) is 1.87. The Morgan fingerprint density at radius 3 is 1.75 bits per heavy atom. The predicted octanol–water partition coefficient (Wildman–Crippen LogP) is -0.823. The summed E-state index contributed by atoms with van der Waals surface area (Å²) in [4.78, 5) is 23.2. The summed E-state index contributed by atoms with van der Waals surface area (Å²) in [6, 6.07) is 0. The van der Waals surface area contributed by atoms with Crippen molar-refractivity contribution in [1.29, 1.82) is 0 Å². The lowest BCUT2D eigenvalue weighted by Crippen LogP contribution is -2.28. The van der Waals surface area contributed by atoms with Crippen LogP contribution in [0.4, 0.5) is 0 Å². The molecule has 3 aliphatic heterocycles. The second kappa shape index (κ2) is 3.05. The molecule has 0 aliphatic carbocycles. The predicted molar refractivity (Wildman–Crippen MR) is 48.4 cm³/mol. The lowest BCUT2D eigenvalue weighted by atomic mass is 9.92. The van der Waals surface area contributed by atoms with E-state index in [2.05, 4.69) is 9.47 Å². The third kappa shape index (κ3) is 1.03. The Morgan fingerprint density at radius 2 is 1.38 bits per heavy atom. The molecule has 0 saturated carbocycles. The molecule has 16 heavy (non-hydrogen) atoms. The van der Waals surface area contributed by atoms with E-state index >= 15 is 0 Å². The highest BCUT2D eigenvalue weighted by Crippen LogP contribution is 2.51. The van der Waals surface area contributed by atoms with Gasteiger partial charge >= 0.3 is 11.9 Å². The number of fused-ring (bicyclic) bond motifs is 5. The number of ether oxygens (including phenoxy) is 4. The summed E-state index contributed by atoms with van der Waals surface area (Å²) in [5, 5.41) is 0. The SMILES string of the molecule is COC(=O)C1=C(C(=O)OC)[C@H]2O[C@H]1[C@@H]1O[C@@H]12. The molecular weight excluding hydrogens is 216 g/mol. The van der Waals surface area contributed by atoms with Crippen LogP contribution in [0.5, 0.6) is 0 Å². The zero-order valence-corrected chi connectivity index (χ0v) is 8.76. The highest BCUT2D eigenvalue weighted by molar-refractivity contribution is 6.03. The molecule has 0 aromatic rings. The maximum absolute atomic E-state index is 11.6. The Labute approximate surface area is 91.1 Å². The van der Waals surface area contributed by atoms with Crippen molar-refractivity contribution in [2.75, 3.05) is 14.2 Å². The van der Waals surface area contributed by atoms with Crippen LogP contribution in [0.1, 0.15) is 0 Å². The van der Waals surface area contributed by atoms with Crippen molar-refractivity contribution in [3.8, 4) is 0 Å². The van der Waals surface area contributed by atoms with Crippen molar-refractivity contribution in [3.63, 3.8) is 0 Å². The molecule has 4 atom stereocenters. The molecule has 2 bridgehead atoms. The molecule has 6 heteroatoms. The second-order valence-corrected chi connectivity index (χ2v) is 3.85. The summed E-state index contributed by atoms with van der Waals surface area (Å²) in [6.45, 7) is 0. The lowest BCUT2D eigenvalue weighted by Gasteiger charge is -2.10. The van der Waals surface area contributed by atoms with Crippen molar-refractivity contribution >= 4 is 11.9 Å². The van der Waals surface area contributed by atoms with E-state index in [1.165, 1.54) is 14.2 Å². The van der Waals surface area contributed by atoms with Crippen molar-refractivity contribution in [2.24, 2.45) is 0 Å². The smallest absolute Gasteiger partial charge is 0.337 e. The van der Waals surface area contributed by atoms with Crippen molar-refractivity contribution in [2.45, 2.75) is 24.4 Å². The van der Waals surface area contributed by atoms with Gasteiger partial charge < -0.3 is 18.9 Å². The Morgan fingerprint density at radius 1 is 0.938 bits per heavy atom. The van der Waals surface area contributed by atoms with E-state index in [-0.39, 0.29) is 23.4 Å². The van der Waals surface area contributed by atoms with Gasteiger partial charge in [0.2, 0.25) is 0 Å². The number of hydrogen-bond acceptors (Lipinski definition) is 6. The number of epoxide rings is 1.